The molecule has 3 aromatic carbocycles. The van der Waals surface area contributed by atoms with Gasteiger partial charge in [0.15, 0.2) is 5.78 Å². The highest BCUT2D eigenvalue weighted by atomic mass is 35.5. The van der Waals surface area contributed by atoms with Gasteiger partial charge in [-0.1, -0.05) is 35.9 Å². The van der Waals surface area contributed by atoms with Gasteiger partial charge in [0.05, 0.1) is 18.2 Å². The number of likely N-dealkylation sites (tertiary alicyclic amines) is 1. The number of hydrogen-bond acceptors (Lipinski definition) is 5. The van der Waals surface area contributed by atoms with Gasteiger partial charge in [-0.3, -0.25) is 9.59 Å². The van der Waals surface area contributed by atoms with E-state index < -0.39 is 5.60 Å². The Morgan fingerprint density at radius 1 is 1.07 bits per heavy atom. The number of nitrogens with zero attached hydrogens (tertiary/aromatic N) is 1. The highest BCUT2D eigenvalue weighted by Crippen LogP contribution is 2.33. The van der Waals surface area contributed by atoms with Crippen molar-refractivity contribution in [2.45, 2.75) is 38.2 Å². The summed E-state index contributed by atoms with van der Waals surface area (Å²) in [6.45, 7) is 4.33. The fourth-order valence-electron chi connectivity index (χ4n) is 5.03. The quantitative estimate of drug-likeness (QED) is 0.258. The largest absolute Gasteiger partial charge is 0.495 e. The van der Waals surface area contributed by atoms with E-state index in [2.05, 4.69) is 9.88 Å². The fourth-order valence-corrected chi connectivity index (χ4v) is 5.16. The maximum atomic E-state index is 12.9. The van der Waals surface area contributed by atoms with E-state index >= 15 is 0 Å². The number of aromatic nitrogens is 1. The summed E-state index contributed by atoms with van der Waals surface area (Å²) in [4.78, 5) is 28.4. The van der Waals surface area contributed by atoms with Crippen molar-refractivity contribution in [1.82, 2.24) is 9.88 Å². The highest BCUT2D eigenvalue weighted by molar-refractivity contribution is 6.30. The molecule has 1 saturated heterocycles. The van der Waals surface area contributed by atoms with Crippen LogP contribution in [0.15, 0.2) is 77.6 Å². The number of methoxy groups -OCH3 is 1. The molecule has 0 bridgehead atoms. The molecule has 0 amide bonds. The van der Waals surface area contributed by atoms with Crippen LogP contribution >= 0.6 is 11.6 Å². The minimum atomic E-state index is -0.801. The first-order valence-corrected chi connectivity index (χ1v) is 13.7. The maximum absolute atomic E-state index is 12.9. The fraction of sp³-hybridized carbons (Fsp3) is 0.312. The zero-order chi connectivity index (χ0) is 28.7. The van der Waals surface area contributed by atoms with Gasteiger partial charge >= 0.3 is 0 Å². The summed E-state index contributed by atoms with van der Waals surface area (Å²) in [5.41, 5.74) is 2.29. The number of rotatable bonds is 7. The number of benzene rings is 3. The number of aliphatic hydroxyl groups is 1. The minimum absolute atomic E-state index is 0.0414. The first kappa shape index (κ1) is 29.5. The molecule has 40 heavy (non-hydrogen) atoms. The van der Waals surface area contributed by atoms with Crippen LogP contribution in [0, 0.1) is 12.7 Å². The van der Waals surface area contributed by atoms with E-state index in [0.29, 0.717) is 35.6 Å². The predicted molar refractivity (Wildman–Crippen MR) is 157 cm³/mol. The van der Waals surface area contributed by atoms with Gasteiger partial charge in [0, 0.05) is 41.5 Å². The first-order chi connectivity index (χ1) is 19.2. The molecule has 0 aliphatic carbocycles. The number of halogens is 2. The normalized spacial score (nSPS) is 14.8. The molecule has 5 rings (SSSR count). The monoisotopic (exact) mass is 564 g/mol. The van der Waals surface area contributed by atoms with Crippen LogP contribution in [0.25, 0.3) is 10.9 Å². The summed E-state index contributed by atoms with van der Waals surface area (Å²) in [5.74, 6) is 0.408. The Balaban J connectivity index is 0.000000222. The Morgan fingerprint density at radius 2 is 1.75 bits per heavy atom. The number of hydrogen-bond donors (Lipinski definition) is 2. The lowest BCUT2D eigenvalue weighted by Gasteiger charge is -2.38. The molecule has 0 atom stereocenters. The number of Topliss-reactive ketones (excluding diaryl/α,β-unsaturated/α-hetero) is 1. The summed E-state index contributed by atoms with van der Waals surface area (Å²) in [6.07, 6.45) is 2.54. The Labute approximate surface area is 238 Å². The van der Waals surface area contributed by atoms with Gasteiger partial charge < -0.3 is 19.7 Å². The molecule has 6 nitrogen and oxygen atoms in total. The third-order valence-electron chi connectivity index (χ3n) is 7.38. The molecule has 2 N–H and O–H groups in total. The van der Waals surface area contributed by atoms with Gasteiger partial charge in [0.25, 0.3) is 0 Å². The molecule has 1 fully saturated rings. The average Bonchev–Trinajstić information content (AvgIpc) is 2.95. The molecule has 0 unspecified atom stereocenters. The number of nitrogens with one attached hydrogen (secondary N) is 1. The topological polar surface area (TPSA) is 82.6 Å². The number of para-hydroxylation sites is 1. The molecule has 210 valence electrons. The molecule has 8 heteroatoms. The van der Waals surface area contributed by atoms with Crippen molar-refractivity contribution in [2.24, 2.45) is 0 Å². The van der Waals surface area contributed by atoms with E-state index in [9.17, 15) is 19.1 Å². The van der Waals surface area contributed by atoms with Crippen molar-refractivity contribution in [2.75, 3.05) is 26.7 Å². The summed E-state index contributed by atoms with van der Waals surface area (Å²) >= 11 is 5.92. The lowest BCUT2D eigenvalue weighted by atomic mass is 9.84. The van der Waals surface area contributed by atoms with E-state index in [1.807, 2.05) is 49.4 Å². The van der Waals surface area contributed by atoms with Crippen molar-refractivity contribution in [1.29, 1.82) is 0 Å². The van der Waals surface area contributed by atoms with Crippen molar-refractivity contribution >= 4 is 28.3 Å². The number of ketones is 1. The summed E-state index contributed by atoms with van der Waals surface area (Å²) < 4.78 is 18.1. The molecule has 1 aliphatic rings. The second kappa shape index (κ2) is 13.2. The lowest BCUT2D eigenvalue weighted by Crippen LogP contribution is -2.42. The summed E-state index contributed by atoms with van der Waals surface area (Å²) in [5, 5.41) is 12.6. The molecule has 4 aromatic rings. The number of H-pyrrole nitrogens is 1. The predicted octanol–water partition coefficient (Wildman–Crippen LogP) is 6.27. The van der Waals surface area contributed by atoms with Gasteiger partial charge in [0.1, 0.15) is 11.6 Å². The van der Waals surface area contributed by atoms with E-state index in [1.54, 1.807) is 13.2 Å². The molecule has 0 radical (unpaired) electrons. The Morgan fingerprint density at radius 3 is 2.40 bits per heavy atom. The average molecular weight is 565 g/mol. The van der Waals surface area contributed by atoms with Gasteiger partial charge in [0.2, 0.25) is 5.56 Å². The van der Waals surface area contributed by atoms with Crippen LogP contribution in [0.3, 0.4) is 0 Å². The Hall–Kier alpha value is -3.52. The van der Waals surface area contributed by atoms with Crippen molar-refractivity contribution in [3.05, 3.63) is 111 Å². The van der Waals surface area contributed by atoms with Crippen molar-refractivity contribution in [3.8, 4) is 5.75 Å². The highest BCUT2D eigenvalue weighted by Gasteiger charge is 2.33. The molecular weight excluding hydrogens is 531 g/mol. The third-order valence-corrected chi connectivity index (χ3v) is 7.63. The molecule has 0 saturated carbocycles. The van der Waals surface area contributed by atoms with Gasteiger partial charge in [-0.15, -0.1) is 0 Å². The lowest BCUT2D eigenvalue weighted by molar-refractivity contribution is -0.0260. The number of carbonyl (C=O) groups is 1. The van der Waals surface area contributed by atoms with Gasteiger partial charge in [-0.05, 0) is 86.3 Å². The zero-order valence-electron chi connectivity index (χ0n) is 22.8. The van der Waals surface area contributed by atoms with Crippen molar-refractivity contribution < 1.29 is 19.0 Å². The van der Waals surface area contributed by atoms with Gasteiger partial charge in [-0.2, -0.15) is 0 Å². The first-order valence-electron chi connectivity index (χ1n) is 13.3. The molecule has 2 heterocycles. The van der Waals surface area contributed by atoms with Crippen LogP contribution in [0.2, 0.25) is 5.02 Å². The number of fused-ring (bicyclic) bond motifs is 1. The van der Waals surface area contributed by atoms with Gasteiger partial charge in [-0.25, -0.2) is 4.39 Å². The second-order valence-corrected chi connectivity index (χ2v) is 10.5. The number of aromatic amines is 1. The standard InChI is InChI=1S/C21H23ClFNO2.C11H11NO2/c22-18-7-5-17(6-8-18)21(26)11-14-24(15-12-21)13-1-2-20(25)16-3-9-19(23)10-4-16;1-7-6-10(13)12-11-8(7)4-3-5-9(11)14-2/h3-10,26H,1-2,11-15H2;3-6H,1-2H3,(H,12,13). The Kier molecular flexibility index (Phi) is 9.74. The van der Waals surface area contributed by atoms with E-state index in [4.69, 9.17) is 16.3 Å². The van der Waals surface area contributed by atoms with Crippen LogP contribution in [0.4, 0.5) is 4.39 Å². The minimum Gasteiger partial charge on any atom is -0.495 e. The molecule has 0 spiro atoms. The summed E-state index contributed by atoms with van der Waals surface area (Å²) in [7, 11) is 1.59. The second-order valence-electron chi connectivity index (χ2n) is 10.1. The van der Waals surface area contributed by atoms with Crippen LogP contribution in [-0.4, -0.2) is 47.5 Å². The molecule has 1 aromatic heterocycles. The smallest absolute Gasteiger partial charge is 0.248 e. The Bertz CT molecular complexity index is 1490. The molecular formula is C32H34ClFN2O4. The maximum Gasteiger partial charge on any atom is 0.248 e. The molecule has 1 aliphatic heterocycles. The van der Waals surface area contributed by atoms with Crippen LogP contribution in [-0.2, 0) is 5.60 Å². The number of aryl methyl sites for hydroxylation is 1. The van der Waals surface area contributed by atoms with Crippen molar-refractivity contribution in [3.63, 3.8) is 0 Å². The number of ether oxygens (including phenoxy) is 1. The van der Waals surface area contributed by atoms with E-state index in [1.165, 1.54) is 24.3 Å². The summed E-state index contributed by atoms with van der Waals surface area (Å²) in [6, 6.07) is 20.4. The van der Waals surface area contributed by atoms with Crippen LogP contribution in [0.5, 0.6) is 5.75 Å². The third kappa shape index (κ3) is 7.36. The van der Waals surface area contributed by atoms with E-state index in [-0.39, 0.29) is 17.2 Å². The number of piperidine rings is 1. The van der Waals surface area contributed by atoms with Crippen LogP contribution < -0.4 is 10.3 Å². The van der Waals surface area contributed by atoms with E-state index in [0.717, 1.165) is 48.1 Å². The number of carbonyl (C=O) groups excluding carboxylic acids is 1. The number of pyridine rings is 1. The van der Waals surface area contributed by atoms with Crippen LogP contribution in [0.1, 0.15) is 47.2 Å². The SMILES string of the molecule is COc1cccc2c(C)cc(=O)[nH]c12.O=C(CCCN1CCC(O)(c2ccc(Cl)cc2)CC1)c1ccc(F)cc1. The zero-order valence-corrected chi connectivity index (χ0v) is 23.5.